The van der Waals surface area contributed by atoms with Crippen LogP contribution >= 0.6 is 15.9 Å². The minimum Gasteiger partial charge on any atom is -0.345 e. The van der Waals surface area contributed by atoms with Gasteiger partial charge in [-0.3, -0.25) is 14.4 Å². The second-order valence-electron chi connectivity index (χ2n) is 5.47. The van der Waals surface area contributed by atoms with Gasteiger partial charge in [-0.05, 0) is 55.0 Å². The van der Waals surface area contributed by atoms with Gasteiger partial charge in [0.1, 0.15) is 5.82 Å². The van der Waals surface area contributed by atoms with Crippen LogP contribution in [0.2, 0.25) is 0 Å². The van der Waals surface area contributed by atoms with Crippen molar-refractivity contribution in [1.29, 1.82) is 0 Å². The monoisotopic (exact) mass is 421 g/mol. The molecule has 0 aliphatic heterocycles. The van der Waals surface area contributed by atoms with Crippen LogP contribution in [-0.4, -0.2) is 30.8 Å². The summed E-state index contributed by atoms with van der Waals surface area (Å²) in [4.78, 5) is 35.4. The zero-order valence-electron chi connectivity index (χ0n) is 13.9. The zero-order valence-corrected chi connectivity index (χ0v) is 15.5. The highest BCUT2D eigenvalue weighted by Crippen LogP contribution is 2.19. The molecule has 2 aromatic rings. The second-order valence-corrected chi connectivity index (χ2v) is 6.39. The Kier molecular flexibility index (Phi) is 6.85. The quantitative estimate of drug-likeness (QED) is 0.668. The molecule has 136 valence electrons. The molecule has 0 heterocycles. The van der Waals surface area contributed by atoms with Crippen molar-refractivity contribution in [3.63, 3.8) is 0 Å². The highest BCUT2D eigenvalue weighted by Gasteiger charge is 2.10. The van der Waals surface area contributed by atoms with Crippen molar-refractivity contribution in [2.24, 2.45) is 0 Å². The number of amides is 3. The largest absolute Gasteiger partial charge is 0.345 e. The number of hydrogen-bond donors (Lipinski definition) is 3. The molecule has 6 nitrogen and oxygen atoms in total. The predicted octanol–water partition coefficient (Wildman–Crippen LogP) is 2.38. The van der Waals surface area contributed by atoms with Crippen LogP contribution in [0.4, 0.5) is 10.1 Å². The topological polar surface area (TPSA) is 87.3 Å². The maximum absolute atomic E-state index is 12.8. The molecule has 0 bridgehead atoms. The Morgan fingerprint density at radius 3 is 2.27 bits per heavy atom. The average molecular weight is 422 g/mol. The molecule has 0 atom stereocenters. The minimum absolute atomic E-state index is 0.221. The number of carbonyl (C=O) groups excluding carboxylic acids is 3. The SMILES string of the molecule is Cc1cc(Br)ccc1NC(=O)CNC(=O)CNC(=O)c1ccc(F)cc1. The molecule has 2 aromatic carbocycles. The second kappa shape index (κ2) is 9.10. The summed E-state index contributed by atoms with van der Waals surface area (Å²) in [5.41, 5.74) is 1.77. The fraction of sp³-hybridized carbons (Fsp3) is 0.167. The van der Waals surface area contributed by atoms with Crippen LogP contribution in [0.1, 0.15) is 15.9 Å². The Hall–Kier alpha value is -2.74. The molecule has 2 rings (SSSR count). The summed E-state index contributed by atoms with van der Waals surface area (Å²) in [6.07, 6.45) is 0. The lowest BCUT2D eigenvalue weighted by molar-refractivity contribution is -0.123. The Morgan fingerprint density at radius 2 is 1.62 bits per heavy atom. The van der Waals surface area contributed by atoms with Crippen molar-refractivity contribution in [3.05, 3.63) is 63.9 Å². The number of anilines is 1. The third kappa shape index (κ3) is 5.96. The first-order valence-corrected chi connectivity index (χ1v) is 8.51. The van der Waals surface area contributed by atoms with Crippen molar-refractivity contribution in [1.82, 2.24) is 10.6 Å². The van der Waals surface area contributed by atoms with E-state index in [-0.39, 0.29) is 24.6 Å². The van der Waals surface area contributed by atoms with Crippen LogP contribution in [0.3, 0.4) is 0 Å². The van der Waals surface area contributed by atoms with Gasteiger partial charge in [0.15, 0.2) is 0 Å². The number of benzene rings is 2. The normalized spacial score (nSPS) is 10.1. The van der Waals surface area contributed by atoms with Gasteiger partial charge in [-0.1, -0.05) is 15.9 Å². The molecule has 0 saturated carbocycles. The lowest BCUT2D eigenvalue weighted by atomic mass is 10.2. The van der Waals surface area contributed by atoms with Crippen LogP contribution in [-0.2, 0) is 9.59 Å². The molecule has 26 heavy (non-hydrogen) atoms. The highest BCUT2D eigenvalue weighted by atomic mass is 79.9. The molecular formula is C18H17BrFN3O3. The zero-order chi connectivity index (χ0) is 19.1. The van der Waals surface area contributed by atoms with E-state index in [1.54, 1.807) is 12.1 Å². The summed E-state index contributed by atoms with van der Waals surface area (Å²) in [5, 5.41) is 7.50. The van der Waals surface area contributed by atoms with E-state index in [9.17, 15) is 18.8 Å². The summed E-state index contributed by atoms with van der Waals surface area (Å²) in [6.45, 7) is 1.34. The Balaban J connectivity index is 1.74. The fourth-order valence-electron chi connectivity index (χ4n) is 2.07. The lowest BCUT2D eigenvalue weighted by Crippen LogP contribution is -2.40. The summed E-state index contributed by atoms with van der Waals surface area (Å²) in [5.74, 6) is -1.85. The van der Waals surface area contributed by atoms with E-state index < -0.39 is 17.6 Å². The van der Waals surface area contributed by atoms with Crippen LogP contribution in [0.5, 0.6) is 0 Å². The van der Waals surface area contributed by atoms with E-state index in [2.05, 4.69) is 31.9 Å². The number of aryl methyl sites for hydroxylation is 1. The van der Waals surface area contributed by atoms with E-state index in [0.29, 0.717) is 5.69 Å². The third-order valence-electron chi connectivity index (χ3n) is 3.42. The van der Waals surface area contributed by atoms with Gasteiger partial charge in [-0.15, -0.1) is 0 Å². The molecule has 0 saturated heterocycles. The first kappa shape index (κ1) is 19.6. The van der Waals surface area contributed by atoms with Crippen LogP contribution < -0.4 is 16.0 Å². The average Bonchev–Trinajstić information content (AvgIpc) is 2.61. The molecular weight excluding hydrogens is 405 g/mol. The van der Waals surface area contributed by atoms with Gasteiger partial charge >= 0.3 is 0 Å². The molecule has 0 aliphatic rings. The van der Waals surface area contributed by atoms with Gasteiger partial charge in [0.25, 0.3) is 5.91 Å². The molecule has 0 unspecified atom stereocenters. The maximum atomic E-state index is 12.8. The molecule has 3 N–H and O–H groups in total. The van der Waals surface area contributed by atoms with Crippen LogP contribution in [0.25, 0.3) is 0 Å². The van der Waals surface area contributed by atoms with Crippen molar-refractivity contribution in [2.75, 3.05) is 18.4 Å². The van der Waals surface area contributed by atoms with E-state index in [0.717, 1.165) is 22.2 Å². The number of rotatable bonds is 6. The van der Waals surface area contributed by atoms with Gasteiger partial charge in [-0.25, -0.2) is 4.39 Å². The lowest BCUT2D eigenvalue weighted by Gasteiger charge is -2.10. The first-order valence-electron chi connectivity index (χ1n) is 7.71. The van der Waals surface area contributed by atoms with Gasteiger partial charge in [-0.2, -0.15) is 0 Å². The first-order chi connectivity index (χ1) is 12.3. The molecule has 0 aromatic heterocycles. The van der Waals surface area contributed by atoms with Gasteiger partial charge in [0.2, 0.25) is 11.8 Å². The highest BCUT2D eigenvalue weighted by molar-refractivity contribution is 9.10. The molecule has 0 spiro atoms. The van der Waals surface area contributed by atoms with E-state index in [1.807, 2.05) is 13.0 Å². The van der Waals surface area contributed by atoms with E-state index >= 15 is 0 Å². The van der Waals surface area contributed by atoms with Crippen molar-refractivity contribution in [3.8, 4) is 0 Å². The molecule has 3 amide bonds. The maximum Gasteiger partial charge on any atom is 0.251 e. The fourth-order valence-corrected chi connectivity index (χ4v) is 2.54. The Morgan fingerprint density at radius 1 is 0.962 bits per heavy atom. The standard InChI is InChI=1S/C18H17BrFN3O3/c1-11-8-13(19)4-7-15(11)23-17(25)10-21-16(24)9-22-18(26)12-2-5-14(20)6-3-12/h2-8H,9-10H2,1H3,(H,21,24)(H,22,26)(H,23,25). The minimum atomic E-state index is -0.511. The van der Waals surface area contributed by atoms with Crippen LogP contribution in [0, 0.1) is 12.7 Å². The van der Waals surface area contributed by atoms with E-state index in [1.165, 1.54) is 12.1 Å². The summed E-state index contributed by atoms with van der Waals surface area (Å²) in [6, 6.07) is 10.4. The Bertz CT molecular complexity index is 825. The van der Waals surface area contributed by atoms with Gasteiger partial charge < -0.3 is 16.0 Å². The van der Waals surface area contributed by atoms with Crippen molar-refractivity contribution >= 4 is 39.3 Å². The van der Waals surface area contributed by atoms with E-state index in [4.69, 9.17) is 0 Å². The van der Waals surface area contributed by atoms with Crippen LogP contribution in [0.15, 0.2) is 46.9 Å². The summed E-state index contributed by atoms with van der Waals surface area (Å²) >= 11 is 3.34. The van der Waals surface area contributed by atoms with Gasteiger partial charge in [0, 0.05) is 15.7 Å². The molecule has 0 fully saturated rings. The summed E-state index contributed by atoms with van der Waals surface area (Å²) < 4.78 is 13.7. The Labute approximate surface area is 158 Å². The number of carbonyl (C=O) groups is 3. The number of halogens is 2. The molecule has 0 aliphatic carbocycles. The summed E-state index contributed by atoms with van der Waals surface area (Å²) in [7, 11) is 0. The van der Waals surface area contributed by atoms with Crippen molar-refractivity contribution in [2.45, 2.75) is 6.92 Å². The predicted molar refractivity (Wildman–Crippen MR) is 99.3 cm³/mol. The smallest absolute Gasteiger partial charge is 0.251 e. The third-order valence-corrected chi connectivity index (χ3v) is 3.92. The van der Waals surface area contributed by atoms with Crippen molar-refractivity contribution < 1.29 is 18.8 Å². The number of nitrogens with one attached hydrogen (secondary N) is 3. The molecule has 0 radical (unpaired) electrons. The molecule has 8 heteroatoms. The van der Waals surface area contributed by atoms with Gasteiger partial charge in [0.05, 0.1) is 13.1 Å². The number of hydrogen-bond acceptors (Lipinski definition) is 3.